The molecule has 0 amide bonds. The molecule has 0 N–H and O–H groups in total. The fourth-order valence-corrected chi connectivity index (χ4v) is 4.89. The van der Waals surface area contributed by atoms with E-state index in [1.165, 1.54) is 23.9 Å². The van der Waals surface area contributed by atoms with Crippen LogP contribution >= 0.6 is 11.6 Å². The standard InChI is InChI=1S/C26H25ClFN5O4/c1-30-23-22(24(35)31(2)26(30)36)33(15-17-7-3-8-18(27)21(17)28)25(29-23)32-11-4-6-16(10-12-32)14-19(34)20-9-5-13-37-20/h3,5,7-9,13-14H,4,6,10-12,15H2,1-2H3/b16-14-. The van der Waals surface area contributed by atoms with E-state index in [0.29, 0.717) is 37.4 Å². The molecule has 4 aromatic rings. The molecule has 0 unspecified atom stereocenters. The summed E-state index contributed by atoms with van der Waals surface area (Å²) in [6.45, 7) is 1.12. The van der Waals surface area contributed by atoms with Crippen LogP contribution in [0.15, 0.2) is 62.3 Å². The average Bonchev–Trinajstić information content (AvgIpc) is 3.49. The molecule has 0 aliphatic carbocycles. The van der Waals surface area contributed by atoms with Crippen molar-refractivity contribution in [1.82, 2.24) is 18.7 Å². The van der Waals surface area contributed by atoms with Gasteiger partial charge in [-0.2, -0.15) is 4.98 Å². The van der Waals surface area contributed by atoms with Gasteiger partial charge in [0.2, 0.25) is 11.7 Å². The van der Waals surface area contributed by atoms with Crippen molar-refractivity contribution in [3.63, 3.8) is 0 Å². The lowest BCUT2D eigenvalue weighted by Crippen LogP contribution is -2.37. The molecule has 4 heterocycles. The van der Waals surface area contributed by atoms with Gasteiger partial charge >= 0.3 is 5.69 Å². The number of ketones is 1. The SMILES string of the molecule is Cn1c(=O)c2c(nc(N3CCC/C(=C/C(=O)c4ccco4)CC3)n2Cc2cccc(Cl)c2F)n(C)c1=O. The number of aromatic nitrogens is 4. The molecule has 5 rings (SSSR count). The minimum atomic E-state index is -0.573. The van der Waals surface area contributed by atoms with Crippen molar-refractivity contribution in [2.75, 3.05) is 18.0 Å². The van der Waals surface area contributed by atoms with Crippen molar-refractivity contribution in [1.29, 1.82) is 0 Å². The molecule has 9 nitrogen and oxygen atoms in total. The van der Waals surface area contributed by atoms with E-state index in [9.17, 15) is 18.8 Å². The summed E-state index contributed by atoms with van der Waals surface area (Å²) in [6, 6.07) is 8.01. The van der Waals surface area contributed by atoms with Gasteiger partial charge in [-0.25, -0.2) is 9.18 Å². The first-order valence-corrected chi connectivity index (χ1v) is 12.3. The Kier molecular flexibility index (Phi) is 6.59. The van der Waals surface area contributed by atoms with Gasteiger partial charge in [-0.05, 0) is 43.5 Å². The second-order valence-electron chi connectivity index (χ2n) is 9.07. The van der Waals surface area contributed by atoms with Gasteiger partial charge in [0.15, 0.2) is 16.9 Å². The quantitative estimate of drug-likeness (QED) is 0.291. The van der Waals surface area contributed by atoms with Crippen molar-refractivity contribution >= 4 is 34.5 Å². The van der Waals surface area contributed by atoms with E-state index in [0.717, 1.165) is 16.6 Å². The zero-order valence-electron chi connectivity index (χ0n) is 20.4. The number of benzene rings is 1. The summed E-state index contributed by atoms with van der Waals surface area (Å²) >= 11 is 6.02. The molecular formula is C26H25ClFN5O4. The normalized spacial score (nSPS) is 15.5. The van der Waals surface area contributed by atoms with Crippen LogP contribution in [0.5, 0.6) is 0 Å². The van der Waals surface area contributed by atoms with E-state index in [2.05, 4.69) is 0 Å². The highest BCUT2D eigenvalue weighted by atomic mass is 35.5. The topological polar surface area (TPSA) is 95.3 Å². The number of allylic oxidation sites excluding steroid dienone is 1. The summed E-state index contributed by atoms with van der Waals surface area (Å²) in [5.74, 6) is -0.0197. The number of aryl methyl sites for hydroxylation is 1. The number of halogens is 2. The fraction of sp³-hybridized carbons (Fsp3) is 0.308. The lowest BCUT2D eigenvalue weighted by Gasteiger charge is -2.22. The minimum absolute atomic E-state index is 0.00183. The number of rotatable bonds is 5. The summed E-state index contributed by atoms with van der Waals surface area (Å²) in [7, 11) is 2.95. The van der Waals surface area contributed by atoms with Gasteiger partial charge < -0.3 is 9.32 Å². The molecule has 1 aliphatic rings. The predicted molar refractivity (Wildman–Crippen MR) is 138 cm³/mol. The third-order valence-corrected chi connectivity index (χ3v) is 6.99. The van der Waals surface area contributed by atoms with E-state index in [1.807, 2.05) is 4.90 Å². The monoisotopic (exact) mass is 525 g/mol. The Bertz CT molecular complexity index is 1650. The van der Waals surface area contributed by atoms with Gasteiger partial charge in [-0.3, -0.25) is 23.3 Å². The van der Waals surface area contributed by atoms with Crippen LogP contribution in [0.4, 0.5) is 10.3 Å². The lowest BCUT2D eigenvalue weighted by atomic mass is 10.1. The first kappa shape index (κ1) is 24.8. The van der Waals surface area contributed by atoms with E-state index in [1.54, 1.807) is 42.0 Å². The molecule has 1 aliphatic heterocycles. The number of carbonyl (C=O) groups excluding carboxylic acids is 1. The van der Waals surface area contributed by atoms with E-state index < -0.39 is 17.1 Å². The van der Waals surface area contributed by atoms with E-state index in [-0.39, 0.29) is 34.3 Å². The van der Waals surface area contributed by atoms with Crippen LogP contribution in [0.1, 0.15) is 35.4 Å². The van der Waals surface area contributed by atoms with Crippen molar-refractivity contribution in [3.05, 3.63) is 91.2 Å². The van der Waals surface area contributed by atoms with Gasteiger partial charge in [-0.15, -0.1) is 0 Å². The molecule has 37 heavy (non-hydrogen) atoms. The van der Waals surface area contributed by atoms with Crippen molar-refractivity contribution in [2.24, 2.45) is 14.1 Å². The number of fused-ring (bicyclic) bond motifs is 1. The van der Waals surface area contributed by atoms with Crippen molar-refractivity contribution < 1.29 is 13.6 Å². The van der Waals surface area contributed by atoms with E-state index in [4.69, 9.17) is 21.0 Å². The molecule has 0 bridgehead atoms. The van der Waals surface area contributed by atoms with Crippen LogP contribution in [-0.4, -0.2) is 37.6 Å². The Morgan fingerprint density at radius 3 is 2.70 bits per heavy atom. The summed E-state index contributed by atoms with van der Waals surface area (Å²) in [4.78, 5) is 45.0. The number of nitrogens with zero attached hydrogens (tertiary/aromatic N) is 5. The number of hydrogen-bond acceptors (Lipinski definition) is 6. The largest absolute Gasteiger partial charge is 0.461 e. The smallest absolute Gasteiger partial charge is 0.332 e. The number of furan rings is 1. The first-order valence-electron chi connectivity index (χ1n) is 11.9. The lowest BCUT2D eigenvalue weighted by molar-refractivity contribution is 0.102. The maximum absolute atomic E-state index is 14.9. The fourth-order valence-electron chi connectivity index (χ4n) is 4.70. The van der Waals surface area contributed by atoms with Gasteiger partial charge in [-0.1, -0.05) is 29.3 Å². The van der Waals surface area contributed by atoms with Crippen LogP contribution in [0.3, 0.4) is 0 Å². The second kappa shape index (κ2) is 9.85. The Morgan fingerprint density at radius 2 is 1.95 bits per heavy atom. The van der Waals surface area contributed by atoms with Gasteiger partial charge in [0.25, 0.3) is 5.56 Å². The van der Waals surface area contributed by atoms with Crippen LogP contribution in [0.25, 0.3) is 11.2 Å². The number of carbonyl (C=O) groups is 1. The number of hydrogen-bond donors (Lipinski definition) is 0. The molecule has 0 spiro atoms. The van der Waals surface area contributed by atoms with E-state index >= 15 is 0 Å². The van der Waals surface area contributed by atoms with Crippen LogP contribution < -0.4 is 16.1 Å². The highest BCUT2D eigenvalue weighted by molar-refractivity contribution is 6.30. The van der Waals surface area contributed by atoms with Crippen LogP contribution in [0.2, 0.25) is 5.02 Å². The third-order valence-electron chi connectivity index (χ3n) is 6.70. The molecule has 0 saturated carbocycles. The van der Waals surface area contributed by atoms with Crippen LogP contribution in [-0.2, 0) is 20.6 Å². The Morgan fingerprint density at radius 1 is 1.14 bits per heavy atom. The zero-order chi connectivity index (χ0) is 26.3. The molecule has 3 aromatic heterocycles. The number of anilines is 1. The molecule has 192 valence electrons. The predicted octanol–water partition coefficient (Wildman–Crippen LogP) is 3.67. The summed E-state index contributed by atoms with van der Waals surface area (Å²) in [6.07, 6.45) is 5.13. The Labute approximate surface area is 216 Å². The molecule has 0 radical (unpaired) electrons. The van der Waals surface area contributed by atoms with Crippen LogP contribution in [0, 0.1) is 5.82 Å². The van der Waals surface area contributed by atoms with Crippen molar-refractivity contribution in [2.45, 2.75) is 25.8 Å². The molecule has 11 heteroatoms. The van der Waals surface area contributed by atoms with Gasteiger partial charge in [0, 0.05) is 32.7 Å². The number of imidazole rings is 1. The maximum Gasteiger partial charge on any atom is 0.332 e. The van der Waals surface area contributed by atoms with Crippen molar-refractivity contribution in [3.8, 4) is 0 Å². The van der Waals surface area contributed by atoms with Gasteiger partial charge in [0.1, 0.15) is 5.82 Å². The minimum Gasteiger partial charge on any atom is -0.461 e. The van der Waals surface area contributed by atoms with Gasteiger partial charge in [0.05, 0.1) is 17.8 Å². The maximum atomic E-state index is 14.9. The molecule has 1 fully saturated rings. The second-order valence-corrected chi connectivity index (χ2v) is 9.48. The molecular weight excluding hydrogens is 501 g/mol. The molecule has 1 aromatic carbocycles. The highest BCUT2D eigenvalue weighted by Gasteiger charge is 2.25. The molecule has 0 atom stereocenters. The molecule has 1 saturated heterocycles. The Hall–Kier alpha value is -3.92. The summed E-state index contributed by atoms with van der Waals surface area (Å²) in [5.41, 5.74) is 0.684. The summed E-state index contributed by atoms with van der Waals surface area (Å²) < 4.78 is 24.1. The third kappa shape index (κ3) is 4.53. The zero-order valence-corrected chi connectivity index (χ0v) is 21.2. The summed E-state index contributed by atoms with van der Waals surface area (Å²) in [5, 5.41) is -0.0189. The Balaban J connectivity index is 1.57. The highest BCUT2D eigenvalue weighted by Crippen LogP contribution is 2.27. The average molecular weight is 526 g/mol. The first-order chi connectivity index (χ1) is 17.8.